The lowest BCUT2D eigenvalue weighted by atomic mass is 9.78. The van der Waals surface area contributed by atoms with E-state index in [1.807, 2.05) is 50.2 Å². The van der Waals surface area contributed by atoms with E-state index in [2.05, 4.69) is 19.2 Å². The van der Waals surface area contributed by atoms with Crippen LogP contribution in [-0.2, 0) is 4.79 Å². The Morgan fingerprint density at radius 2 is 1.97 bits per heavy atom. The van der Waals surface area contributed by atoms with Gasteiger partial charge in [-0.1, -0.05) is 56.7 Å². The van der Waals surface area contributed by atoms with E-state index in [-0.39, 0.29) is 17.5 Å². The molecule has 34 heavy (non-hydrogen) atoms. The molecule has 0 spiro atoms. The van der Waals surface area contributed by atoms with Gasteiger partial charge in [0.15, 0.2) is 5.16 Å². The van der Waals surface area contributed by atoms with Gasteiger partial charge in [-0.15, -0.1) is 0 Å². The first-order valence-electron chi connectivity index (χ1n) is 11.9. The van der Waals surface area contributed by atoms with Crippen LogP contribution in [0.15, 0.2) is 52.4 Å². The van der Waals surface area contributed by atoms with Crippen molar-refractivity contribution in [3.8, 4) is 11.4 Å². The molecule has 1 N–H and O–H groups in total. The van der Waals surface area contributed by atoms with Gasteiger partial charge >= 0.3 is 0 Å². The van der Waals surface area contributed by atoms with Gasteiger partial charge in [-0.2, -0.15) is 0 Å². The summed E-state index contributed by atoms with van der Waals surface area (Å²) in [5.41, 5.74) is 2.05. The third-order valence-corrected chi connectivity index (χ3v) is 8.06. The minimum absolute atomic E-state index is 0.0267. The number of fused-ring (bicyclic) bond motifs is 1. The molecule has 1 aliphatic carbocycles. The Hall–Kier alpha value is -2.80. The summed E-state index contributed by atoms with van der Waals surface area (Å²) in [5.74, 6) is 1.60. The van der Waals surface area contributed by atoms with Crippen LogP contribution in [0.3, 0.4) is 0 Å². The molecule has 0 aliphatic heterocycles. The van der Waals surface area contributed by atoms with Crippen molar-refractivity contribution in [1.29, 1.82) is 0 Å². The zero-order valence-corrected chi connectivity index (χ0v) is 21.3. The van der Waals surface area contributed by atoms with E-state index >= 15 is 0 Å². The second kappa shape index (κ2) is 10.2. The predicted molar refractivity (Wildman–Crippen MR) is 138 cm³/mol. The average Bonchev–Trinajstić information content (AvgIpc) is 2.82. The number of methoxy groups -OCH3 is 1. The number of benzene rings is 2. The summed E-state index contributed by atoms with van der Waals surface area (Å²) in [6.45, 7) is 8.32. The highest BCUT2D eigenvalue weighted by molar-refractivity contribution is 8.00. The van der Waals surface area contributed by atoms with Crippen LogP contribution < -0.4 is 15.6 Å². The zero-order chi connectivity index (χ0) is 24.4. The molecule has 4 atom stereocenters. The first-order valence-corrected chi connectivity index (χ1v) is 12.8. The number of aromatic nitrogens is 2. The van der Waals surface area contributed by atoms with E-state index in [4.69, 9.17) is 9.72 Å². The molecule has 0 radical (unpaired) electrons. The Kier molecular flexibility index (Phi) is 7.31. The number of rotatable bonds is 6. The minimum Gasteiger partial charge on any atom is -0.495 e. The Labute approximate surface area is 205 Å². The summed E-state index contributed by atoms with van der Waals surface area (Å²) < 4.78 is 7.15. The van der Waals surface area contributed by atoms with E-state index in [0.717, 1.165) is 18.4 Å². The molecule has 2 aromatic carbocycles. The number of amides is 1. The third-order valence-electron chi connectivity index (χ3n) is 7.01. The third kappa shape index (κ3) is 4.85. The lowest BCUT2D eigenvalue weighted by molar-refractivity contribution is -0.121. The smallest absolute Gasteiger partial charge is 0.266 e. The Morgan fingerprint density at radius 3 is 2.74 bits per heavy atom. The summed E-state index contributed by atoms with van der Waals surface area (Å²) in [6, 6.07) is 13.2. The second-order valence-corrected chi connectivity index (χ2v) is 10.7. The molecule has 3 aromatic rings. The highest BCUT2D eigenvalue weighted by atomic mass is 32.2. The maximum absolute atomic E-state index is 13.6. The highest BCUT2D eigenvalue weighted by Crippen LogP contribution is 2.32. The summed E-state index contributed by atoms with van der Waals surface area (Å²) in [5, 5.41) is 3.84. The summed E-state index contributed by atoms with van der Waals surface area (Å²) in [7, 11) is 1.59. The fourth-order valence-corrected chi connectivity index (χ4v) is 5.61. The van der Waals surface area contributed by atoms with Crippen molar-refractivity contribution in [2.75, 3.05) is 7.11 Å². The molecule has 1 amide bonds. The molecule has 4 unspecified atom stereocenters. The lowest BCUT2D eigenvalue weighted by Crippen LogP contribution is -2.46. The van der Waals surface area contributed by atoms with Crippen LogP contribution in [0.2, 0.25) is 0 Å². The molecule has 0 bridgehead atoms. The predicted octanol–water partition coefficient (Wildman–Crippen LogP) is 5.12. The SMILES string of the molecule is COc1ccc(C)cc1-n1c(SC(C)C(=O)NC2CCCC(C)C2C)nc2ccccc2c1=O. The molecule has 180 valence electrons. The standard InChI is InChI=1S/C27H33N3O3S/c1-16-13-14-24(33-5)23(15-16)30-26(32)20-10-6-7-11-22(20)29-27(30)34-19(4)25(31)28-21-12-8-9-17(2)18(21)3/h6-7,10-11,13-15,17-19,21H,8-9,12H2,1-5H3,(H,28,31). The van der Waals surface area contributed by atoms with Gasteiger partial charge in [0.2, 0.25) is 5.91 Å². The number of nitrogens with one attached hydrogen (secondary N) is 1. The van der Waals surface area contributed by atoms with Gasteiger partial charge in [-0.3, -0.25) is 14.2 Å². The fourth-order valence-electron chi connectivity index (χ4n) is 4.68. The molecule has 1 fully saturated rings. The van der Waals surface area contributed by atoms with E-state index in [9.17, 15) is 9.59 Å². The first kappa shape index (κ1) is 24.3. The number of hydrogen-bond acceptors (Lipinski definition) is 5. The quantitative estimate of drug-likeness (QED) is 0.392. The van der Waals surface area contributed by atoms with Crippen molar-refractivity contribution in [2.45, 2.75) is 63.4 Å². The van der Waals surface area contributed by atoms with Crippen molar-refractivity contribution in [1.82, 2.24) is 14.9 Å². The normalized spacial score (nSPS) is 21.3. The van der Waals surface area contributed by atoms with Crippen molar-refractivity contribution in [3.63, 3.8) is 0 Å². The van der Waals surface area contributed by atoms with Crippen LogP contribution in [0, 0.1) is 18.8 Å². The largest absolute Gasteiger partial charge is 0.495 e. The van der Waals surface area contributed by atoms with Crippen molar-refractivity contribution in [3.05, 3.63) is 58.4 Å². The van der Waals surface area contributed by atoms with Gasteiger partial charge in [0.25, 0.3) is 5.56 Å². The molecule has 1 saturated carbocycles. The summed E-state index contributed by atoms with van der Waals surface area (Å²) in [6.07, 6.45) is 3.36. The lowest BCUT2D eigenvalue weighted by Gasteiger charge is -2.35. The molecule has 6 nitrogen and oxygen atoms in total. The number of ether oxygens (including phenoxy) is 1. The Balaban J connectivity index is 1.72. The number of nitrogens with zero attached hydrogens (tertiary/aromatic N) is 2. The van der Waals surface area contributed by atoms with E-state index < -0.39 is 5.25 Å². The molecule has 1 aliphatic rings. The number of thioether (sulfide) groups is 1. The van der Waals surface area contributed by atoms with E-state index in [1.54, 1.807) is 17.7 Å². The van der Waals surface area contributed by atoms with Gasteiger partial charge in [-0.05, 0) is 61.9 Å². The Morgan fingerprint density at radius 1 is 1.21 bits per heavy atom. The first-order chi connectivity index (χ1) is 16.3. The average molecular weight is 480 g/mol. The van der Waals surface area contributed by atoms with Crippen molar-refractivity contribution >= 4 is 28.6 Å². The van der Waals surface area contributed by atoms with Crippen LogP contribution in [0.4, 0.5) is 0 Å². The van der Waals surface area contributed by atoms with Crippen LogP contribution in [0.1, 0.15) is 45.6 Å². The molecule has 1 heterocycles. The minimum atomic E-state index is -0.417. The van der Waals surface area contributed by atoms with Crippen LogP contribution in [-0.4, -0.2) is 33.9 Å². The number of hydrogen-bond donors (Lipinski definition) is 1. The number of aryl methyl sites for hydroxylation is 1. The van der Waals surface area contributed by atoms with Crippen LogP contribution >= 0.6 is 11.8 Å². The number of para-hydroxylation sites is 1. The monoisotopic (exact) mass is 479 g/mol. The molecular formula is C27H33N3O3S. The van der Waals surface area contributed by atoms with Gasteiger partial charge in [0.05, 0.1) is 29.0 Å². The molecule has 7 heteroatoms. The van der Waals surface area contributed by atoms with Gasteiger partial charge < -0.3 is 10.1 Å². The van der Waals surface area contributed by atoms with E-state index in [0.29, 0.717) is 39.3 Å². The highest BCUT2D eigenvalue weighted by Gasteiger charge is 2.30. The second-order valence-electron chi connectivity index (χ2n) is 9.37. The van der Waals surface area contributed by atoms with Gasteiger partial charge in [0.1, 0.15) is 5.75 Å². The summed E-state index contributed by atoms with van der Waals surface area (Å²) in [4.78, 5) is 31.6. The number of carbonyl (C=O) groups is 1. The molecular weight excluding hydrogens is 446 g/mol. The maximum atomic E-state index is 13.6. The maximum Gasteiger partial charge on any atom is 0.266 e. The molecule has 0 saturated heterocycles. The van der Waals surface area contributed by atoms with Crippen LogP contribution in [0.25, 0.3) is 16.6 Å². The fraction of sp³-hybridized carbons (Fsp3) is 0.444. The van der Waals surface area contributed by atoms with Crippen molar-refractivity contribution < 1.29 is 9.53 Å². The van der Waals surface area contributed by atoms with E-state index in [1.165, 1.54) is 18.2 Å². The molecule has 1 aromatic heterocycles. The van der Waals surface area contributed by atoms with Gasteiger partial charge in [0, 0.05) is 6.04 Å². The summed E-state index contributed by atoms with van der Waals surface area (Å²) >= 11 is 1.30. The molecule has 4 rings (SSSR count). The Bertz CT molecular complexity index is 1260. The number of carbonyl (C=O) groups excluding carboxylic acids is 1. The van der Waals surface area contributed by atoms with Gasteiger partial charge in [-0.25, -0.2) is 4.98 Å². The van der Waals surface area contributed by atoms with Crippen molar-refractivity contribution in [2.24, 2.45) is 11.8 Å². The van der Waals surface area contributed by atoms with Crippen LogP contribution in [0.5, 0.6) is 5.75 Å². The topological polar surface area (TPSA) is 73.2 Å². The zero-order valence-electron chi connectivity index (χ0n) is 20.5.